The highest BCUT2D eigenvalue weighted by Crippen LogP contribution is 2.40. The molecule has 2 atom stereocenters. The summed E-state index contributed by atoms with van der Waals surface area (Å²) in [5, 5.41) is 12.5. The molecule has 1 amide bonds. The van der Waals surface area contributed by atoms with Gasteiger partial charge in [-0.15, -0.1) is 0 Å². The number of nitrogens with zero attached hydrogens (tertiary/aromatic N) is 1. The van der Waals surface area contributed by atoms with Gasteiger partial charge in [-0.05, 0) is 24.5 Å². The van der Waals surface area contributed by atoms with E-state index in [-0.39, 0.29) is 0 Å². The number of amides is 1. The van der Waals surface area contributed by atoms with E-state index in [2.05, 4.69) is 23.5 Å². The summed E-state index contributed by atoms with van der Waals surface area (Å²) < 4.78 is 0. The number of carboxylic acid groups (broad SMARTS) is 1. The summed E-state index contributed by atoms with van der Waals surface area (Å²) in [5.41, 5.74) is 2.58. The maximum Gasteiger partial charge on any atom is 0.407 e. The maximum absolute atomic E-state index is 11.0. The van der Waals surface area contributed by atoms with Crippen LogP contribution in [0, 0.1) is 0 Å². The van der Waals surface area contributed by atoms with E-state index in [1.807, 2.05) is 6.07 Å². The third kappa shape index (κ3) is 1.73. The lowest BCUT2D eigenvalue weighted by molar-refractivity contribution is 0.147. The van der Waals surface area contributed by atoms with Crippen molar-refractivity contribution in [3.63, 3.8) is 0 Å². The first-order valence-corrected chi connectivity index (χ1v) is 6.09. The third-order valence-electron chi connectivity index (χ3n) is 3.88. The number of benzene rings is 1. The van der Waals surface area contributed by atoms with Gasteiger partial charge >= 0.3 is 6.09 Å². The quantitative estimate of drug-likeness (QED) is 0.722. The van der Waals surface area contributed by atoms with E-state index in [1.54, 1.807) is 0 Å². The molecule has 1 aromatic carbocycles. The lowest BCUT2D eigenvalue weighted by Crippen LogP contribution is -2.31. The molecule has 2 aliphatic rings. The molecule has 1 aromatic rings. The van der Waals surface area contributed by atoms with Gasteiger partial charge in [-0.2, -0.15) is 0 Å². The molecule has 4 heteroatoms. The number of rotatable bonds is 0. The highest BCUT2D eigenvalue weighted by Gasteiger charge is 2.34. The molecule has 2 heterocycles. The first-order chi connectivity index (χ1) is 8.25. The van der Waals surface area contributed by atoms with Crippen LogP contribution in [0.2, 0.25) is 0 Å². The van der Waals surface area contributed by atoms with Gasteiger partial charge in [-0.1, -0.05) is 18.2 Å². The zero-order valence-corrected chi connectivity index (χ0v) is 9.60. The van der Waals surface area contributed by atoms with Crippen LogP contribution in [0.1, 0.15) is 24.3 Å². The Bertz CT molecular complexity index is 447. The molecule has 2 unspecified atom stereocenters. The summed E-state index contributed by atoms with van der Waals surface area (Å²) in [6, 6.07) is 8.77. The third-order valence-corrected chi connectivity index (χ3v) is 3.88. The monoisotopic (exact) mass is 232 g/mol. The van der Waals surface area contributed by atoms with Crippen LogP contribution in [0.3, 0.4) is 0 Å². The fourth-order valence-electron chi connectivity index (χ4n) is 2.99. The fraction of sp³-hybridized carbons (Fsp3) is 0.462. The Morgan fingerprint density at radius 1 is 1.29 bits per heavy atom. The molecule has 2 aliphatic heterocycles. The van der Waals surface area contributed by atoms with Crippen molar-refractivity contribution >= 4 is 11.8 Å². The first kappa shape index (κ1) is 10.4. The Balaban J connectivity index is 1.83. The number of hydrogen-bond donors (Lipinski definition) is 2. The lowest BCUT2D eigenvalue weighted by Gasteiger charge is -2.16. The molecule has 0 saturated carbocycles. The minimum Gasteiger partial charge on any atom is -0.465 e. The normalized spacial score (nSPS) is 26.7. The molecular formula is C13H16N2O2. The molecule has 4 nitrogen and oxygen atoms in total. The lowest BCUT2D eigenvalue weighted by atomic mass is 9.91. The fourth-order valence-corrected chi connectivity index (χ4v) is 2.99. The van der Waals surface area contributed by atoms with Crippen LogP contribution in [0.4, 0.5) is 10.5 Å². The summed E-state index contributed by atoms with van der Waals surface area (Å²) in [6.07, 6.45) is 1.02. The van der Waals surface area contributed by atoms with Gasteiger partial charge in [0.05, 0.1) is 0 Å². The Kier molecular flexibility index (Phi) is 2.42. The van der Waals surface area contributed by atoms with Gasteiger partial charge in [-0.25, -0.2) is 4.79 Å². The SMILES string of the molecule is O=C(O)N1CCC2Nc3ccccc3C2CC1. The summed E-state index contributed by atoms with van der Waals surface area (Å²) >= 11 is 0. The van der Waals surface area contributed by atoms with Crippen molar-refractivity contribution < 1.29 is 9.90 Å². The summed E-state index contributed by atoms with van der Waals surface area (Å²) in [7, 11) is 0. The number of fused-ring (bicyclic) bond motifs is 3. The standard InChI is InChI=1S/C13H16N2O2/c16-13(17)15-7-5-10-9-3-1-2-4-11(9)14-12(10)6-8-15/h1-4,10,12,14H,5-8H2,(H,16,17). The van der Waals surface area contributed by atoms with Crippen LogP contribution < -0.4 is 5.32 Å². The van der Waals surface area contributed by atoms with Gasteiger partial charge in [-0.3, -0.25) is 0 Å². The number of nitrogens with one attached hydrogen (secondary N) is 1. The van der Waals surface area contributed by atoms with E-state index < -0.39 is 6.09 Å². The van der Waals surface area contributed by atoms with Gasteiger partial charge in [0.15, 0.2) is 0 Å². The van der Waals surface area contributed by atoms with E-state index in [1.165, 1.54) is 16.2 Å². The van der Waals surface area contributed by atoms with Gasteiger partial charge in [0.2, 0.25) is 0 Å². The van der Waals surface area contributed by atoms with Crippen LogP contribution in [-0.2, 0) is 0 Å². The van der Waals surface area contributed by atoms with Crippen LogP contribution in [0.5, 0.6) is 0 Å². The summed E-state index contributed by atoms with van der Waals surface area (Å²) in [4.78, 5) is 12.5. The van der Waals surface area contributed by atoms with Gasteiger partial charge in [0.1, 0.15) is 0 Å². The molecular weight excluding hydrogens is 216 g/mol. The molecule has 0 aliphatic carbocycles. The topological polar surface area (TPSA) is 52.6 Å². The zero-order chi connectivity index (χ0) is 11.8. The van der Waals surface area contributed by atoms with E-state index >= 15 is 0 Å². The first-order valence-electron chi connectivity index (χ1n) is 6.09. The second-order valence-corrected chi connectivity index (χ2v) is 4.79. The van der Waals surface area contributed by atoms with E-state index in [0.717, 1.165) is 12.8 Å². The van der Waals surface area contributed by atoms with Crippen molar-refractivity contribution in [2.24, 2.45) is 0 Å². The van der Waals surface area contributed by atoms with Crippen LogP contribution >= 0.6 is 0 Å². The highest BCUT2D eigenvalue weighted by atomic mass is 16.4. The van der Waals surface area contributed by atoms with Crippen LogP contribution in [0.15, 0.2) is 24.3 Å². The largest absolute Gasteiger partial charge is 0.465 e. The van der Waals surface area contributed by atoms with Gasteiger partial charge in [0.25, 0.3) is 0 Å². The number of hydrogen-bond acceptors (Lipinski definition) is 2. The van der Waals surface area contributed by atoms with E-state index in [9.17, 15) is 4.79 Å². The van der Waals surface area contributed by atoms with Gasteiger partial charge in [0, 0.05) is 30.7 Å². The Labute approximate surface area is 100 Å². The Morgan fingerprint density at radius 3 is 2.88 bits per heavy atom. The molecule has 2 N–H and O–H groups in total. The molecule has 0 spiro atoms. The van der Waals surface area contributed by atoms with Crippen molar-refractivity contribution in [3.8, 4) is 0 Å². The molecule has 0 radical (unpaired) electrons. The molecule has 17 heavy (non-hydrogen) atoms. The number of anilines is 1. The molecule has 0 aromatic heterocycles. The maximum atomic E-state index is 11.0. The van der Waals surface area contributed by atoms with Crippen molar-refractivity contribution in [2.45, 2.75) is 24.8 Å². The van der Waals surface area contributed by atoms with E-state index in [4.69, 9.17) is 5.11 Å². The summed E-state index contributed by atoms with van der Waals surface area (Å²) in [5.74, 6) is 0.468. The van der Waals surface area contributed by atoms with Crippen LogP contribution in [-0.4, -0.2) is 35.2 Å². The van der Waals surface area contributed by atoms with Crippen molar-refractivity contribution in [2.75, 3.05) is 18.4 Å². The van der Waals surface area contributed by atoms with E-state index in [0.29, 0.717) is 25.0 Å². The number of likely N-dealkylation sites (tertiary alicyclic amines) is 1. The molecule has 0 bridgehead atoms. The van der Waals surface area contributed by atoms with Crippen molar-refractivity contribution in [1.82, 2.24) is 4.90 Å². The number of para-hydroxylation sites is 1. The Morgan fingerprint density at radius 2 is 2.06 bits per heavy atom. The van der Waals surface area contributed by atoms with Crippen LogP contribution in [0.25, 0.3) is 0 Å². The van der Waals surface area contributed by atoms with Gasteiger partial charge < -0.3 is 15.3 Å². The average molecular weight is 232 g/mol. The summed E-state index contributed by atoms with van der Waals surface area (Å²) in [6.45, 7) is 1.28. The second-order valence-electron chi connectivity index (χ2n) is 4.79. The minimum absolute atomic E-state index is 0.400. The molecule has 3 rings (SSSR count). The zero-order valence-electron chi connectivity index (χ0n) is 9.60. The van der Waals surface area contributed by atoms with Crippen molar-refractivity contribution in [1.29, 1.82) is 0 Å². The average Bonchev–Trinajstić information content (AvgIpc) is 2.53. The number of carbonyl (C=O) groups is 1. The molecule has 90 valence electrons. The predicted molar refractivity (Wildman–Crippen MR) is 65.4 cm³/mol. The van der Waals surface area contributed by atoms with Crippen molar-refractivity contribution in [3.05, 3.63) is 29.8 Å². The predicted octanol–water partition coefficient (Wildman–Crippen LogP) is 2.34. The smallest absolute Gasteiger partial charge is 0.407 e. The highest BCUT2D eigenvalue weighted by molar-refractivity contribution is 5.65. The Hall–Kier alpha value is -1.71. The molecule has 1 fully saturated rings. The minimum atomic E-state index is -0.793. The molecule has 1 saturated heterocycles. The second kappa shape index (κ2) is 3.95.